The Labute approximate surface area is 209 Å². The number of rotatable bonds is 5. The molecule has 1 aromatic rings. The summed E-state index contributed by atoms with van der Waals surface area (Å²) in [5.41, 5.74) is 5.72. The molecule has 0 aromatic heterocycles. The van der Waals surface area contributed by atoms with Crippen molar-refractivity contribution in [2.45, 2.75) is 44.1 Å². The maximum atomic E-state index is 13.2. The van der Waals surface area contributed by atoms with Crippen LogP contribution in [0.4, 0.5) is 17.1 Å². The number of imide groups is 1. The molecule has 4 fully saturated rings. The van der Waals surface area contributed by atoms with E-state index in [4.69, 9.17) is 5.73 Å². The molecule has 5 aliphatic rings. The number of hydrogen-bond acceptors (Lipinski definition) is 7. The number of piperidine rings is 2. The molecule has 0 radical (unpaired) electrons. The minimum Gasteiger partial charge on any atom is -0.368 e. The van der Waals surface area contributed by atoms with Gasteiger partial charge in [0.25, 0.3) is 5.69 Å². The Hall–Kier alpha value is -3.27. The first kappa shape index (κ1) is 23.1. The molecule has 2 bridgehead atoms. The van der Waals surface area contributed by atoms with E-state index in [9.17, 15) is 24.5 Å². The van der Waals surface area contributed by atoms with E-state index in [1.54, 1.807) is 12.1 Å². The second-order valence-electron chi connectivity index (χ2n) is 10.9. The minimum atomic E-state index is -0.717. The summed E-state index contributed by atoms with van der Waals surface area (Å²) in [7, 11) is 0. The van der Waals surface area contributed by atoms with Gasteiger partial charge in [0.2, 0.25) is 17.7 Å². The zero-order valence-corrected chi connectivity index (χ0v) is 20.2. The molecule has 190 valence electrons. The van der Waals surface area contributed by atoms with Gasteiger partial charge in [0.05, 0.1) is 22.4 Å². The molecule has 36 heavy (non-hydrogen) atoms. The monoisotopic (exact) mass is 493 g/mol. The van der Waals surface area contributed by atoms with Crippen molar-refractivity contribution in [3.63, 3.8) is 0 Å². The minimum absolute atomic E-state index is 0.0782. The van der Waals surface area contributed by atoms with Crippen LogP contribution in [-0.4, -0.2) is 59.3 Å². The van der Waals surface area contributed by atoms with Crippen LogP contribution in [0.2, 0.25) is 0 Å². The van der Waals surface area contributed by atoms with Crippen LogP contribution in [0.15, 0.2) is 30.4 Å². The van der Waals surface area contributed by atoms with E-state index >= 15 is 0 Å². The second kappa shape index (κ2) is 8.40. The maximum Gasteiger partial charge on any atom is 0.294 e. The second-order valence-corrected chi connectivity index (χ2v) is 10.9. The molecule has 1 aromatic carbocycles. The van der Waals surface area contributed by atoms with Gasteiger partial charge in [-0.15, -0.1) is 0 Å². The number of nitro benzene ring substituents is 1. The van der Waals surface area contributed by atoms with E-state index in [0.717, 1.165) is 43.7 Å². The summed E-state index contributed by atoms with van der Waals surface area (Å²) in [6.07, 6.45) is 9.12. The van der Waals surface area contributed by atoms with E-state index < -0.39 is 10.5 Å². The number of likely N-dealkylation sites (tertiary alicyclic amines) is 1. The highest BCUT2D eigenvalue weighted by Crippen LogP contribution is 2.53. The first-order chi connectivity index (χ1) is 17.3. The van der Waals surface area contributed by atoms with Gasteiger partial charge in [-0.3, -0.25) is 29.4 Å². The zero-order valence-electron chi connectivity index (χ0n) is 20.2. The highest BCUT2D eigenvalue weighted by molar-refractivity contribution is 6.23. The number of primary amides is 1. The highest BCUT2D eigenvalue weighted by atomic mass is 16.6. The molecule has 3 saturated heterocycles. The fraction of sp³-hybridized carbons (Fsp3) is 0.577. The van der Waals surface area contributed by atoms with E-state index in [1.807, 2.05) is 17.1 Å². The molecule has 10 nitrogen and oxygen atoms in total. The Morgan fingerprint density at radius 2 is 1.58 bits per heavy atom. The number of nitrogens with zero attached hydrogens (tertiary/aromatic N) is 4. The number of allylic oxidation sites excluding steroid dienone is 2. The summed E-state index contributed by atoms with van der Waals surface area (Å²) in [5.74, 6) is -1.39. The Kier molecular flexibility index (Phi) is 5.40. The van der Waals surface area contributed by atoms with Crippen molar-refractivity contribution in [3.8, 4) is 0 Å². The summed E-state index contributed by atoms with van der Waals surface area (Å²) < 4.78 is 0. The lowest BCUT2D eigenvalue weighted by molar-refractivity contribution is -0.384. The van der Waals surface area contributed by atoms with Crippen LogP contribution < -0.4 is 15.5 Å². The SMILES string of the molecule is NC(=O)C1(N2CCCCC2)CCN(c2ccc(N3C(=O)C4C5C=CC(C5)C4C3=O)cc2[N+](=O)[O-])CC1. The van der Waals surface area contributed by atoms with Crippen molar-refractivity contribution < 1.29 is 19.3 Å². The summed E-state index contributed by atoms with van der Waals surface area (Å²) in [5, 5.41) is 12.1. The molecular weight excluding hydrogens is 462 g/mol. The number of anilines is 2. The maximum absolute atomic E-state index is 13.2. The molecule has 3 aliphatic heterocycles. The van der Waals surface area contributed by atoms with Gasteiger partial charge in [0, 0.05) is 19.2 Å². The molecule has 3 amide bonds. The van der Waals surface area contributed by atoms with Crippen molar-refractivity contribution in [1.82, 2.24) is 4.90 Å². The van der Waals surface area contributed by atoms with Crippen LogP contribution in [0, 0.1) is 33.8 Å². The Balaban J connectivity index is 1.25. The summed E-state index contributed by atoms with van der Waals surface area (Å²) in [6.45, 7) is 2.60. The van der Waals surface area contributed by atoms with Crippen LogP contribution in [0.5, 0.6) is 0 Å². The number of nitro groups is 1. The lowest BCUT2D eigenvalue weighted by atomic mass is 9.83. The van der Waals surface area contributed by atoms with E-state index in [1.165, 1.54) is 6.07 Å². The van der Waals surface area contributed by atoms with E-state index in [-0.39, 0.29) is 52.8 Å². The third-order valence-electron chi connectivity index (χ3n) is 9.24. The van der Waals surface area contributed by atoms with Gasteiger partial charge in [0.1, 0.15) is 11.2 Å². The van der Waals surface area contributed by atoms with Crippen molar-refractivity contribution in [3.05, 3.63) is 40.5 Å². The van der Waals surface area contributed by atoms with Gasteiger partial charge in [-0.2, -0.15) is 0 Å². The fourth-order valence-electron chi connectivity index (χ4n) is 7.38. The molecule has 4 unspecified atom stereocenters. The van der Waals surface area contributed by atoms with Crippen molar-refractivity contribution in [2.75, 3.05) is 36.0 Å². The first-order valence-corrected chi connectivity index (χ1v) is 13.0. The number of carbonyl (C=O) groups is 3. The third kappa shape index (κ3) is 3.30. The Bertz CT molecular complexity index is 1140. The lowest BCUT2D eigenvalue weighted by Gasteiger charge is -2.48. The van der Waals surface area contributed by atoms with Gasteiger partial charge < -0.3 is 10.6 Å². The normalized spacial score (nSPS) is 31.2. The van der Waals surface area contributed by atoms with Crippen LogP contribution in [-0.2, 0) is 14.4 Å². The molecular formula is C26H31N5O5. The molecule has 4 atom stereocenters. The number of benzene rings is 1. The number of hydrogen-bond donors (Lipinski definition) is 1. The average Bonchev–Trinajstić information content (AvgIpc) is 3.58. The van der Waals surface area contributed by atoms with Crippen LogP contribution >= 0.6 is 0 Å². The molecule has 2 aliphatic carbocycles. The van der Waals surface area contributed by atoms with Crippen molar-refractivity contribution in [1.29, 1.82) is 0 Å². The molecule has 2 N–H and O–H groups in total. The number of carbonyl (C=O) groups excluding carboxylic acids is 3. The molecule has 6 rings (SSSR count). The van der Waals surface area contributed by atoms with Gasteiger partial charge in [-0.05, 0) is 69.2 Å². The predicted octanol–water partition coefficient (Wildman–Crippen LogP) is 2.22. The predicted molar refractivity (Wildman–Crippen MR) is 132 cm³/mol. The Morgan fingerprint density at radius 1 is 0.972 bits per heavy atom. The van der Waals surface area contributed by atoms with Gasteiger partial charge in [-0.1, -0.05) is 18.6 Å². The number of nitrogens with two attached hydrogens (primary N) is 1. The summed E-state index contributed by atoms with van der Waals surface area (Å²) in [4.78, 5) is 55.8. The van der Waals surface area contributed by atoms with Gasteiger partial charge in [-0.25, -0.2) is 4.90 Å². The number of amides is 3. The number of fused-ring (bicyclic) bond motifs is 5. The summed E-state index contributed by atoms with van der Waals surface area (Å²) in [6, 6.07) is 4.62. The zero-order chi connectivity index (χ0) is 25.2. The standard InChI is InChI=1S/C26H31N5O5/c27-25(34)26(29-10-2-1-3-11-29)8-12-28(13-9-26)19-7-6-18(15-20(19)31(35)36)30-23(32)21-16-4-5-17(14-16)22(21)24(30)33/h4-7,15-17,21-22H,1-3,8-14H2,(H2,27,34). The molecule has 0 spiro atoms. The third-order valence-corrected chi connectivity index (χ3v) is 9.24. The average molecular weight is 494 g/mol. The molecule has 1 saturated carbocycles. The van der Waals surface area contributed by atoms with Gasteiger partial charge in [0.15, 0.2) is 0 Å². The smallest absolute Gasteiger partial charge is 0.294 e. The van der Waals surface area contributed by atoms with Crippen LogP contribution in [0.1, 0.15) is 38.5 Å². The van der Waals surface area contributed by atoms with Crippen LogP contribution in [0.25, 0.3) is 0 Å². The van der Waals surface area contributed by atoms with E-state index in [0.29, 0.717) is 31.6 Å². The topological polar surface area (TPSA) is 130 Å². The van der Waals surface area contributed by atoms with Crippen molar-refractivity contribution >= 4 is 34.8 Å². The quantitative estimate of drug-likeness (QED) is 0.288. The fourth-order valence-corrected chi connectivity index (χ4v) is 7.38. The Morgan fingerprint density at radius 3 is 2.14 bits per heavy atom. The van der Waals surface area contributed by atoms with Gasteiger partial charge >= 0.3 is 0 Å². The largest absolute Gasteiger partial charge is 0.368 e. The van der Waals surface area contributed by atoms with Crippen LogP contribution in [0.3, 0.4) is 0 Å². The van der Waals surface area contributed by atoms with E-state index in [2.05, 4.69) is 4.90 Å². The molecule has 10 heteroatoms. The summed E-state index contributed by atoms with van der Waals surface area (Å²) >= 11 is 0. The highest BCUT2D eigenvalue weighted by Gasteiger charge is 2.59. The first-order valence-electron chi connectivity index (χ1n) is 13.0. The van der Waals surface area contributed by atoms with Crippen molar-refractivity contribution in [2.24, 2.45) is 29.4 Å². The molecule has 3 heterocycles. The lowest BCUT2D eigenvalue weighted by Crippen LogP contribution is -2.63.